The van der Waals surface area contributed by atoms with Gasteiger partial charge in [-0.15, -0.1) is 10.2 Å². The van der Waals surface area contributed by atoms with Gasteiger partial charge in [0.15, 0.2) is 11.6 Å². The van der Waals surface area contributed by atoms with Gasteiger partial charge in [0.2, 0.25) is 0 Å². The molecule has 2 N–H and O–H groups in total. The van der Waals surface area contributed by atoms with Gasteiger partial charge in [-0.1, -0.05) is 18.6 Å². The van der Waals surface area contributed by atoms with Crippen molar-refractivity contribution in [3.63, 3.8) is 0 Å². The molecule has 0 amide bonds. The van der Waals surface area contributed by atoms with Crippen LogP contribution in [0.15, 0.2) is 47.1 Å². The summed E-state index contributed by atoms with van der Waals surface area (Å²) in [6.45, 7) is 6.53. The number of benzene rings is 1. The summed E-state index contributed by atoms with van der Waals surface area (Å²) in [5.41, 5.74) is 3.13. The molecule has 0 fully saturated rings. The third-order valence-electron chi connectivity index (χ3n) is 4.14. The van der Waals surface area contributed by atoms with Crippen molar-refractivity contribution >= 4 is 23.4 Å². The van der Waals surface area contributed by atoms with E-state index in [0.717, 1.165) is 29.3 Å². The van der Waals surface area contributed by atoms with Gasteiger partial charge in [-0.05, 0) is 50.1 Å². The summed E-state index contributed by atoms with van der Waals surface area (Å²) in [7, 11) is 1.90. The third-order valence-corrected chi connectivity index (χ3v) is 4.14. The highest BCUT2D eigenvalue weighted by atomic mass is 16.4. The number of nitrogens with zero attached hydrogens (tertiary/aromatic N) is 4. The maximum Gasteiger partial charge on any atom is 0.335 e. The minimum Gasteiger partial charge on any atom is -0.478 e. The Labute approximate surface area is 159 Å². The highest BCUT2D eigenvalue weighted by Gasteiger charge is 2.10. The van der Waals surface area contributed by atoms with Gasteiger partial charge in [0.05, 0.1) is 12.1 Å². The molecule has 142 valence electrons. The van der Waals surface area contributed by atoms with Gasteiger partial charge in [-0.3, -0.25) is 4.99 Å². The number of rotatable bonds is 8. The molecule has 0 aliphatic carbocycles. The van der Waals surface area contributed by atoms with Crippen molar-refractivity contribution in [2.24, 2.45) is 12.0 Å². The third kappa shape index (κ3) is 5.64. The monoisotopic (exact) mass is 367 g/mol. The first-order valence-corrected chi connectivity index (χ1v) is 8.74. The van der Waals surface area contributed by atoms with Gasteiger partial charge in [0.1, 0.15) is 0 Å². The number of aromatic carboxylic acids is 1. The number of carboxylic acids is 1. The van der Waals surface area contributed by atoms with Crippen LogP contribution in [-0.4, -0.2) is 32.1 Å². The highest BCUT2D eigenvalue weighted by Crippen LogP contribution is 2.14. The Morgan fingerprint density at radius 3 is 2.81 bits per heavy atom. The second-order valence-electron chi connectivity index (χ2n) is 6.22. The predicted octanol–water partition coefficient (Wildman–Crippen LogP) is 3.91. The molecule has 1 heterocycles. The number of carboxylic acid groups (broad SMARTS) is 1. The lowest BCUT2D eigenvalue weighted by molar-refractivity contribution is 0.0697. The summed E-state index contributed by atoms with van der Waals surface area (Å²) >= 11 is 0. The lowest BCUT2D eigenvalue weighted by Crippen LogP contribution is -2.08. The van der Waals surface area contributed by atoms with E-state index in [0.29, 0.717) is 6.54 Å². The van der Waals surface area contributed by atoms with E-state index in [1.165, 1.54) is 5.57 Å². The van der Waals surface area contributed by atoms with Crippen LogP contribution in [0.3, 0.4) is 0 Å². The number of carbonyl (C=O) groups is 1. The van der Waals surface area contributed by atoms with Crippen LogP contribution in [0, 0.1) is 0 Å². The van der Waals surface area contributed by atoms with Crippen molar-refractivity contribution in [2.75, 3.05) is 5.32 Å². The summed E-state index contributed by atoms with van der Waals surface area (Å²) in [4.78, 5) is 15.3. The molecule has 1 aromatic heterocycles. The fourth-order valence-corrected chi connectivity index (χ4v) is 2.29. The topological polar surface area (TPSA) is 92.4 Å². The van der Waals surface area contributed by atoms with Crippen molar-refractivity contribution in [3.05, 3.63) is 59.3 Å². The van der Waals surface area contributed by atoms with Crippen molar-refractivity contribution in [3.8, 4) is 0 Å². The molecule has 1 aromatic carbocycles. The normalized spacial score (nSPS) is 12.6. The van der Waals surface area contributed by atoms with Crippen LogP contribution in [0.1, 0.15) is 49.2 Å². The Balaban J connectivity index is 2.06. The molecule has 0 saturated carbocycles. The number of aliphatic imine (C=N–C) groups is 1. The van der Waals surface area contributed by atoms with E-state index in [-0.39, 0.29) is 5.56 Å². The first-order valence-electron chi connectivity index (χ1n) is 8.74. The zero-order chi connectivity index (χ0) is 19.8. The van der Waals surface area contributed by atoms with Crippen LogP contribution in [0.4, 0.5) is 5.69 Å². The number of anilines is 1. The molecule has 0 atom stereocenters. The average Bonchev–Trinajstić information content (AvgIpc) is 3.04. The quantitative estimate of drug-likeness (QED) is 0.690. The van der Waals surface area contributed by atoms with E-state index in [9.17, 15) is 4.79 Å². The number of aromatic nitrogens is 3. The molecule has 0 unspecified atom stereocenters. The molecule has 7 nitrogen and oxygen atoms in total. The molecular weight excluding hydrogens is 342 g/mol. The van der Waals surface area contributed by atoms with Crippen molar-refractivity contribution < 1.29 is 9.90 Å². The van der Waals surface area contributed by atoms with Crippen LogP contribution < -0.4 is 5.32 Å². The minimum atomic E-state index is -0.953. The van der Waals surface area contributed by atoms with E-state index in [4.69, 9.17) is 5.11 Å². The second-order valence-corrected chi connectivity index (χ2v) is 6.22. The number of allylic oxidation sites excluding steroid dienone is 3. The fraction of sp³-hybridized carbons (Fsp3) is 0.300. The highest BCUT2D eigenvalue weighted by molar-refractivity contribution is 5.88. The Bertz CT molecular complexity index is 894. The molecule has 27 heavy (non-hydrogen) atoms. The maximum atomic E-state index is 11.0. The lowest BCUT2D eigenvalue weighted by Gasteiger charge is -2.07. The van der Waals surface area contributed by atoms with Gasteiger partial charge < -0.3 is 15.0 Å². The average molecular weight is 367 g/mol. The number of nitrogens with one attached hydrogen (secondary N) is 1. The van der Waals surface area contributed by atoms with Crippen LogP contribution >= 0.6 is 0 Å². The smallest absolute Gasteiger partial charge is 0.335 e. The van der Waals surface area contributed by atoms with Crippen LogP contribution in [0.25, 0.3) is 5.57 Å². The van der Waals surface area contributed by atoms with Crippen molar-refractivity contribution in [2.45, 2.75) is 33.7 Å². The molecule has 0 bridgehead atoms. The Morgan fingerprint density at radius 1 is 1.33 bits per heavy atom. The van der Waals surface area contributed by atoms with Crippen LogP contribution in [-0.2, 0) is 13.6 Å². The SMILES string of the molecule is CC/C(C)=C/N=C/C=C(\C)c1nnc(CNc2cccc(C(=O)O)c2)n1C. The molecule has 0 aliphatic heterocycles. The summed E-state index contributed by atoms with van der Waals surface area (Å²) < 4.78 is 1.90. The molecule has 0 aliphatic rings. The zero-order valence-electron chi connectivity index (χ0n) is 16.1. The van der Waals surface area contributed by atoms with Crippen LogP contribution in [0.5, 0.6) is 0 Å². The molecule has 2 aromatic rings. The van der Waals surface area contributed by atoms with E-state index in [1.807, 2.05) is 43.8 Å². The zero-order valence-corrected chi connectivity index (χ0v) is 16.1. The van der Waals surface area contributed by atoms with E-state index in [2.05, 4.69) is 27.4 Å². The van der Waals surface area contributed by atoms with Gasteiger partial charge in [-0.2, -0.15) is 0 Å². The Kier molecular flexibility index (Phi) is 7.05. The number of hydrogen-bond donors (Lipinski definition) is 2. The van der Waals surface area contributed by atoms with E-state index < -0.39 is 5.97 Å². The predicted molar refractivity (Wildman–Crippen MR) is 108 cm³/mol. The molecule has 0 radical (unpaired) electrons. The lowest BCUT2D eigenvalue weighted by atomic mass is 10.2. The van der Waals surface area contributed by atoms with Crippen molar-refractivity contribution in [1.82, 2.24) is 14.8 Å². The van der Waals surface area contributed by atoms with E-state index in [1.54, 1.807) is 24.4 Å². The van der Waals surface area contributed by atoms with Gasteiger partial charge in [0.25, 0.3) is 0 Å². The molecule has 0 saturated heterocycles. The van der Waals surface area contributed by atoms with Gasteiger partial charge >= 0.3 is 5.97 Å². The summed E-state index contributed by atoms with van der Waals surface area (Å²) in [5.74, 6) is 0.553. The molecule has 0 spiro atoms. The minimum absolute atomic E-state index is 0.240. The summed E-state index contributed by atoms with van der Waals surface area (Å²) in [6, 6.07) is 6.67. The fourth-order valence-electron chi connectivity index (χ4n) is 2.29. The Hall–Kier alpha value is -3.22. The molecule has 2 rings (SSSR count). The van der Waals surface area contributed by atoms with Crippen LogP contribution in [0.2, 0.25) is 0 Å². The summed E-state index contributed by atoms with van der Waals surface area (Å²) in [6.07, 6.45) is 6.48. The van der Waals surface area contributed by atoms with Crippen molar-refractivity contribution in [1.29, 1.82) is 0 Å². The van der Waals surface area contributed by atoms with E-state index >= 15 is 0 Å². The molecule has 7 heteroatoms. The first kappa shape index (κ1) is 20.1. The van der Waals surface area contributed by atoms with Gasteiger partial charge in [0, 0.05) is 25.1 Å². The summed E-state index contributed by atoms with van der Waals surface area (Å²) in [5, 5.41) is 20.7. The maximum absolute atomic E-state index is 11.0. The second kappa shape index (κ2) is 9.47. The molecular formula is C20H25N5O2. The largest absolute Gasteiger partial charge is 0.478 e. The van der Waals surface area contributed by atoms with Gasteiger partial charge in [-0.25, -0.2) is 4.79 Å². The Morgan fingerprint density at radius 2 is 2.11 bits per heavy atom. The first-order chi connectivity index (χ1) is 12.9. The standard InChI is InChI=1S/C20H25N5O2/c1-5-14(2)12-21-10-9-15(3)19-24-23-18(25(19)4)13-22-17-8-6-7-16(11-17)20(26)27/h6-12,22H,5,13H2,1-4H3,(H,26,27)/b14-12+,15-9+,21-10+. The number of hydrogen-bond acceptors (Lipinski definition) is 5.